The van der Waals surface area contributed by atoms with E-state index < -0.39 is 0 Å². The predicted molar refractivity (Wildman–Crippen MR) is 94.9 cm³/mol. The zero-order valence-electron chi connectivity index (χ0n) is 14.6. The quantitative estimate of drug-likeness (QED) is 0.788. The van der Waals surface area contributed by atoms with Gasteiger partial charge in [0.25, 0.3) is 0 Å². The summed E-state index contributed by atoms with van der Waals surface area (Å²) in [4.78, 5) is 30.3. The maximum absolute atomic E-state index is 13.9. The summed E-state index contributed by atoms with van der Waals surface area (Å²) in [5.41, 5.74) is 0.579. The molecule has 2 aliphatic rings. The van der Waals surface area contributed by atoms with E-state index in [0.717, 1.165) is 38.8 Å². The van der Waals surface area contributed by atoms with Crippen LogP contribution in [-0.4, -0.2) is 60.9 Å². The summed E-state index contributed by atoms with van der Waals surface area (Å²) in [5.74, 6) is -0.399. The molecule has 1 aromatic rings. The van der Waals surface area contributed by atoms with Crippen LogP contribution in [0.5, 0.6) is 0 Å². The third kappa shape index (κ3) is 4.50. The lowest BCUT2D eigenvalue weighted by atomic mass is 10.2. The topological polar surface area (TPSA) is 43.9 Å². The maximum atomic E-state index is 13.9. The molecule has 2 heterocycles. The van der Waals surface area contributed by atoms with Crippen LogP contribution in [0.25, 0.3) is 0 Å². The molecule has 2 fully saturated rings. The molecule has 136 valence electrons. The molecule has 0 bridgehead atoms. The number of hydrogen-bond acceptors (Lipinski definition) is 3. The van der Waals surface area contributed by atoms with E-state index in [1.165, 1.54) is 6.07 Å². The van der Waals surface area contributed by atoms with E-state index in [9.17, 15) is 14.0 Å². The molecule has 0 radical (unpaired) electrons. The number of anilines is 1. The molecule has 0 aliphatic carbocycles. The van der Waals surface area contributed by atoms with Crippen molar-refractivity contribution in [3.63, 3.8) is 0 Å². The molecule has 2 aliphatic heterocycles. The van der Waals surface area contributed by atoms with Gasteiger partial charge in [-0.3, -0.25) is 9.59 Å². The van der Waals surface area contributed by atoms with Crippen LogP contribution >= 0.6 is 0 Å². The minimum atomic E-state index is -0.237. The Balaban J connectivity index is 1.49. The zero-order chi connectivity index (χ0) is 17.6. The average molecular weight is 347 g/mol. The third-order valence-electron chi connectivity index (χ3n) is 5.09. The van der Waals surface area contributed by atoms with E-state index in [4.69, 9.17) is 0 Å². The highest BCUT2D eigenvalue weighted by Crippen LogP contribution is 2.20. The first-order valence-electron chi connectivity index (χ1n) is 9.20. The molecule has 2 saturated heterocycles. The Bertz CT molecular complexity index is 606. The number of amides is 2. The van der Waals surface area contributed by atoms with E-state index in [1.807, 2.05) is 15.9 Å². The Kier molecular flexibility index (Phi) is 5.89. The van der Waals surface area contributed by atoms with Gasteiger partial charge in [-0.15, -0.1) is 0 Å². The summed E-state index contributed by atoms with van der Waals surface area (Å²) in [6, 6.07) is 6.70. The summed E-state index contributed by atoms with van der Waals surface area (Å²) in [5, 5.41) is 0. The van der Waals surface area contributed by atoms with E-state index in [-0.39, 0.29) is 24.1 Å². The van der Waals surface area contributed by atoms with Gasteiger partial charge in [-0.05, 0) is 25.0 Å². The highest BCUT2D eigenvalue weighted by molar-refractivity contribution is 5.97. The van der Waals surface area contributed by atoms with Crippen molar-refractivity contribution in [1.29, 1.82) is 0 Å². The smallest absolute Gasteiger partial charge is 0.232 e. The van der Waals surface area contributed by atoms with Gasteiger partial charge in [0, 0.05) is 39.3 Å². The number of carbonyl (C=O) groups is 2. The van der Waals surface area contributed by atoms with Crippen LogP contribution in [0.4, 0.5) is 10.1 Å². The van der Waals surface area contributed by atoms with Gasteiger partial charge in [-0.2, -0.15) is 0 Å². The second-order valence-electron chi connectivity index (χ2n) is 6.79. The van der Waals surface area contributed by atoms with Gasteiger partial charge >= 0.3 is 0 Å². The summed E-state index contributed by atoms with van der Waals surface area (Å²) >= 11 is 0. The standard InChI is InChI=1S/C19H26FN3O2/c20-16-7-3-4-8-17(16)21-11-13-23(14-12-21)19(25)15-18(24)22-9-5-1-2-6-10-22/h3-4,7-8H,1-2,5-6,9-15H2. The van der Waals surface area contributed by atoms with Crippen LogP contribution in [0.3, 0.4) is 0 Å². The van der Waals surface area contributed by atoms with Crippen LogP contribution in [-0.2, 0) is 9.59 Å². The molecule has 25 heavy (non-hydrogen) atoms. The number of carbonyl (C=O) groups excluding carboxylic acids is 2. The maximum Gasteiger partial charge on any atom is 0.232 e. The van der Waals surface area contributed by atoms with Gasteiger partial charge in [0.05, 0.1) is 5.69 Å². The van der Waals surface area contributed by atoms with Crippen molar-refractivity contribution in [2.45, 2.75) is 32.1 Å². The molecule has 0 spiro atoms. The Morgan fingerprint density at radius 3 is 1.96 bits per heavy atom. The number of halogens is 1. The highest BCUT2D eigenvalue weighted by atomic mass is 19.1. The summed E-state index contributed by atoms with van der Waals surface area (Å²) in [6.45, 7) is 3.77. The van der Waals surface area contributed by atoms with Crippen LogP contribution in [0.2, 0.25) is 0 Å². The van der Waals surface area contributed by atoms with Gasteiger partial charge < -0.3 is 14.7 Å². The largest absolute Gasteiger partial charge is 0.366 e. The average Bonchev–Trinajstić information content (AvgIpc) is 2.92. The Hall–Kier alpha value is -2.11. The van der Waals surface area contributed by atoms with Crippen molar-refractivity contribution in [2.24, 2.45) is 0 Å². The van der Waals surface area contributed by atoms with E-state index in [1.54, 1.807) is 17.0 Å². The fraction of sp³-hybridized carbons (Fsp3) is 0.579. The molecule has 0 atom stereocenters. The van der Waals surface area contributed by atoms with E-state index in [0.29, 0.717) is 31.9 Å². The molecule has 0 saturated carbocycles. The first-order chi connectivity index (χ1) is 12.1. The molecule has 1 aromatic carbocycles. The number of likely N-dealkylation sites (tertiary alicyclic amines) is 1. The van der Waals surface area contributed by atoms with Crippen molar-refractivity contribution in [2.75, 3.05) is 44.2 Å². The number of para-hydroxylation sites is 1. The molecular weight excluding hydrogens is 321 g/mol. The zero-order valence-corrected chi connectivity index (χ0v) is 14.6. The minimum Gasteiger partial charge on any atom is -0.366 e. The highest BCUT2D eigenvalue weighted by Gasteiger charge is 2.26. The fourth-order valence-electron chi connectivity index (χ4n) is 3.58. The van der Waals surface area contributed by atoms with E-state index >= 15 is 0 Å². The number of hydrogen-bond donors (Lipinski definition) is 0. The van der Waals surface area contributed by atoms with Crippen molar-refractivity contribution in [1.82, 2.24) is 9.80 Å². The summed E-state index contributed by atoms with van der Waals surface area (Å²) < 4.78 is 13.9. The first kappa shape index (κ1) is 17.7. The van der Waals surface area contributed by atoms with Crippen molar-refractivity contribution in [3.05, 3.63) is 30.1 Å². The van der Waals surface area contributed by atoms with Crippen molar-refractivity contribution in [3.8, 4) is 0 Å². The Labute approximate surface area is 148 Å². The van der Waals surface area contributed by atoms with Crippen molar-refractivity contribution < 1.29 is 14.0 Å². The molecule has 0 N–H and O–H groups in total. The van der Waals surface area contributed by atoms with Gasteiger partial charge in [0.1, 0.15) is 12.2 Å². The number of nitrogens with zero attached hydrogens (tertiary/aromatic N) is 3. The number of rotatable bonds is 3. The molecule has 0 aromatic heterocycles. The van der Waals surface area contributed by atoms with Crippen LogP contribution in [0.1, 0.15) is 32.1 Å². The fourth-order valence-corrected chi connectivity index (χ4v) is 3.58. The van der Waals surface area contributed by atoms with Crippen LogP contribution in [0.15, 0.2) is 24.3 Å². The molecule has 6 heteroatoms. The third-order valence-corrected chi connectivity index (χ3v) is 5.09. The van der Waals surface area contributed by atoms with Gasteiger partial charge in [0.15, 0.2) is 0 Å². The SMILES string of the molecule is O=C(CC(=O)N1CCN(c2ccccc2F)CC1)N1CCCCCC1. The van der Waals surface area contributed by atoms with Crippen molar-refractivity contribution >= 4 is 17.5 Å². The normalized spacial score (nSPS) is 18.8. The molecule has 2 amide bonds. The summed E-state index contributed by atoms with van der Waals surface area (Å²) in [6.07, 6.45) is 4.34. The van der Waals surface area contributed by atoms with E-state index in [2.05, 4.69) is 0 Å². The van der Waals surface area contributed by atoms with Gasteiger partial charge in [0.2, 0.25) is 11.8 Å². The molecular formula is C19H26FN3O2. The monoisotopic (exact) mass is 347 g/mol. The minimum absolute atomic E-state index is 0.0420. The van der Waals surface area contributed by atoms with Crippen LogP contribution < -0.4 is 4.90 Å². The number of piperazine rings is 1. The lowest BCUT2D eigenvalue weighted by Crippen LogP contribution is -2.50. The second-order valence-corrected chi connectivity index (χ2v) is 6.79. The molecule has 0 unspecified atom stereocenters. The predicted octanol–water partition coefficient (Wildman–Crippen LogP) is 2.27. The molecule has 3 rings (SSSR count). The Morgan fingerprint density at radius 2 is 1.36 bits per heavy atom. The summed E-state index contributed by atoms with van der Waals surface area (Å²) in [7, 11) is 0. The van der Waals surface area contributed by atoms with Gasteiger partial charge in [-0.1, -0.05) is 25.0 Å². The first-order valence-corrected chi connectivity index (χ1v) is 9.20. The van der Waals surface area contributed by atoms with Crippen LogP contribution in [0, 0.1) is 5.82 Å². The second kappa shape index (κ2) is 8.32. The van der Waals surface area contributed by atoms with Gasteiger partial charge in [-0.25, -0.2) is 4.39 Å². The lowest BCUT2D eigenvalue weighted by Gasteiger charge is -2.36. The molecule has 5 nitrogen and oxygen atoms in total. The Morgan fingerprint density at radius 1 is 0.800 bits per heavy atom. The number of benzene rings is 1. The lowest BCUT2D eigenvalue weighted by molar-refractivity contribution is -0.140.